The van der Waals surface area contributed by atoms with E-state index in [-0.39, 0.29) is 0 Å². The van der Waals surface area contributed by atoms with Crippen LogP contribution in [0.5, 0.6) is 0 Å². The lowest BCUT2D eigenvalue weighted by molar-refractivity contribution is 0.432. The molecule has 0 radical (unpaired) electrons. The van der Waals surface area contributed by atoms with Gasteiger partial charge in [-0.2, -0.15) is 0 Å². The van der Waals surface area contributed by atoms with Crippen molar-refractivity contribution < 1.29 is 0 Å². The Bertz CT molecular complexity index is 327. The van der Waals surface area contributed by atoms with Crippen molar-refractivity contribution in [1.29, 1.82) is 0 Å². The van der Waals surface area contributed by atoms with Gasteiger partial charge in [-0.25, -0.2) is 0 Å². The van der Waals surface area contributed by atoms with Gasteiger partial charge >= 0.3 is 0 Å². The molecule has 0 aromatic carbocycles. The monoisotopic (exact) mass is 223 g/mol. The summed E-state index contributed by atoms with van der Waals surface area (Å²) in [6.45, 7) is 8.25. The standard InChI is InChI=1S/C11H21N5/c1-3-13-11-15-14-10(16(11)4-2)9-5-7-12-8-6-9/h9,12H,3-8H2,1-2H3,(H,13,15). The second-order valence-electron chi connectivity index (χ2n) is 4.18. The molecule has 0 atom stereocenters. The van der Waals surface area contributed by atoms with Gasteiger partial charge in [0.2, 0.25) is 5.95 Å². The van der Waals surface area contributed by atoms with Crippen LogP contribution in [0.25, 0.3) is 0 Å². The molecule has 0 spiro atoms. The number of piperidine rings is 1. The molecule has 5 nitrogen and oxygen atoms in total. The summed E-state index contributed by atoms with van der Waals surface area (Å²) < 4.78 is 2.21. The highest BCUT2D eigenvalue weighted by molar-refractivity contribution is 5.26. The summed E-state index contributed by atoms with van der Waals surface area (Å²) in [4.78, 5) is 0. The number of anilines is 1. The normalized spacial score (nSPS) is 17.6. The highest BCUT2D eigenvalue weighted by Crippen LogP contribution is 2.25. The zero-order valence-electron chi connectivity index (χ0n) is 10.2. The van der Waals surface area contributed by atoms with Crippen LogP contribution in [0.3, 0.4) is 0 Å². The van der Waals surface area contributed by atoms with E-state index in [4.69, 9.17) is 0 Å². The first kappa shape index (κ1) is 11.4. The van der Waals surface area contributed by atoms with E-state index in [0.29, 0.717) is 5.92 Å². The van der Waals surface area contributed by atoms with Crippen molar-refractivity contribution in [2.75, 3.05) is 25.0 Å². The van der Waals surface area contributed by atoms with Gasteiger partial charge in [0, 0.05) is 19.0 Å². The third-order valence-corrected chi connectivity index (χ3v) is 3.13. The van der Waals surface area contributed by atoms with Crippen molar-refractivity contribution in [3.05, 3.63) is 5.82 Å². The summed E-state index contributed by atoms with van der Waals surface area (Å²) in [5.74, 6) is 2.64. The van der Waals surface area contributed by atoms with Crippen LogP contribution in [0.1, 0.15) is 38.4 Å². The van der Waals surface area contributed by atoms with Crippen molar-refractivity contribution in [3.8, 4) is 0 Å². The molecule has 1 aliphatic rings. The molecule has 90 valence electrons. The Kier molecular flexibility index (Phi) is 3.77. The first-order valence-corrected chi connectivity index (χ1v) is 6.24. The summed E-state index contributed by atoms with van der Waals surface area (Å²) in [5.41, 5.74) is 0. The van der Waals surface area contributed by atoms with Gasteiger partial charge in [-0.05, 0) is 39.8 Å². The molecule has 1 aromatic rings. The van der Waals surface area contributed by atoms with Crippen molar-refractivity contribution in [2.45, 2.75) is 39.2 Å². The molecule has 0 unspecified atom stereocenters. The molecule has 0 amide bonds. The van der Waals surface area contributed by atoms with Gasteiger partial charge in [0.05, 0.1) is 0 Å². The van der Waals surface area contributed by atoms with Crippen LogP contribution in [0, 0.1) is 0 Å². The molecule has 0 aliphatic carbocycles. The lowest BCUT2D eigenvalue weighted by atomic mass is 9.97. The minimum atomic E-state index is 0.570. The number of nitrogens with one attached hydrogen (secondary N) is 2. The maximum atomic E-state index is 4.35. The lowest BCUT2D eigenvalue weighted by Gasteiger charge is -2.22. The summed E-state index contributed by atoms with van der Waals surface area (Å²) in [6.07, 6.45) is 2.34. The topological polar surface area (TPSA) is 54.8 Å². The molecule has 2 heterocycles. The SMILES string of the molecule is CCNc1nnc(C2CCNCC2)n1CC. The van der Waals surface area contributed by atoms with Crippen LogP contribution >= 0.6 is 0 Å². The third-order valence-electron chi connectivity index (χ3n) is 3.13. The van der Waals surface area contributed by atoms with E-state index in [1.807, 2.05) is 0 Å². The zero-order valence-corrected chi connectivity index (χ0v) is 10.2. The predicted octanol–water partition coefficient (Wildman–Crippen LogP) is 1.20. The van der Waals surface area contributed by atoms with Gasteiger partial charge in [0.25, 0.3) is 0 Å². The third kappa shape index (κ3) is 2.19. The van der Waals surface area contributed by atoms with Gasteiger partial charge in [-0.1, -0.05) is 0 Å². The molecule has 1 aliphatic heterocycles. The first-order valence-electron chi connectivity index (χ1n) is 6.24. The average Bonchev–Trinajstić information content (AvgIpc) is 2.73. The maximum absolute atomic E-state index is 4.35. The molecule has 1 saturated heterocycles. The molecule has 2 N–H and O–H groups in total. The summed E-state index contributed by atoms with van der Waals surface area (Å²) in [6, 6.07) is 0. The van der Waals surface area contributed by atoms with Crippen molar-refractivity contribution in [2.24, 2.45) is 0 Å². The minimum Gasteiger partial charge on any atom is -0.355 e. The van der Waals surface area contributed by atoms with Crippen LogP contribution in [0.15, 0.2) is 0 Å². The van der Waals surface area contributed by atoms with Gasteiger partial charge in [0.1, 0.15) is 5.82 Å². The van der Waals surface area contributed by atoms with Crippen LogP contribution in [-0.4, -0.2) is 34.4 Å². The second kappa shape index (κ2) is 5.30. The fourth-order valence-corrected chi connectivity index (χ4v) is 2.30. The van der Waals surface area contributed by atoms with Crippen molar-refractivity contribution in [1.82, 2.24) is 20.1 Å². The van der Waals surface area contributed by atoms with Crippen LogP contribution < -0.4 is 10.6 Å². The maximum Gasteiger partial charge on any atom is 0.224 e. The van der Waals surface area contributed by atoms with E-state index in [0.717, 1.165) is 38.0 Å². The molecule has 0 saturated carbocycles. The van der Waals surface area contributed by atoms with Gasteiger partial charge < -0.3 is 10.6 Å². The summed E-state index contributed by atoms with van der Waals surface area (Å²) >= 11 is 0. The number of hydrogen-bond donors (Lipinski definition) is 2. The highest BCUT2D eigenvalue weighted by atomic mass is 15.3. The van der Waals surface area contributed by atoms with Gasteiger partial charge in [-0.3, -0.25) is 4.57 Å². The summed E-state index contributed by atoms with van der Waals surface area (Å²) in [7, 11) is 0. The Labute approximate surface area is 96.6 Å². The predicted molar refractivity (Wildman–Crippen MR) is 64.7 cm³/mol. The quantitative estimate of drug-likeness (QED) is 0.805. The largest absolute Gasteiger partial charge is 0.355 e. The van der Waals surface area contributed by atoms with E-state index in [2.05, 4.69) is 39.2 Å². The Morgan fingerprint density at radius 1 is 1.31 bits per heavy atom. The van der Waals surface area contributed by atoms with E-state index < -0.39 is 0 Å². The fraction of sp³-hybridized carbons (Fsp3) is 0.818. The van der Waals surface area contributed by atoms with Crippen LogP contribution in [-0.2, 0) is 6.54 Å². The Morgan fingerprint density at radius 3 is 2.69 bits per heavy atom. The molecular weight excluding hydrogens is 202 g/mol. The molecule has 1 fully saturated rings. The van der Waals surface area contributed by atoms with Crippen LogP contribution in [0.2, 0.25) is 0 Å². The minimum absolute atomic E-state index is 0.570. The molecule has 0 bridgehead atoms. The van der Waals surface area contributed by atoms with E-state index in [1.54, 1.807) is 0 Å². The Hall–Kier alpha value is -1.10. The average molecular weight is 223 g/mol. The molecular formula is C11H21N5. The number of rotatable bonds is 4. The molecule has 1 aromatic heterocycles. The van der Waals surface area contributed by atoms with Gasteiger partial charge in [-0.15, -0.1) is 10.2 Å². The summed E-state index contributed by atoms with van der Waals surface area (Å²) in [5, 5.41) is 15.2. The highest BCUT2D eigenvalue weighted by Gasteiger charge is 2.22. The molecule has 5 heteroatoms. The fourth-order valence-electron chi connectivity index (χ4n) is 2.30. The van der Waals surface area contributed by atoms with Crippen molar-refractivity contribution in [3.63, 3.8) is 0 Å². The van der Waals surface area contributed by atoms with E-state index in [9.17, 15) is 0 Å². The van der Waals surface area contributed by atoms with Gasteiger partial charge in [0.15, 0.2) is 0 Å². The molecule has 2 rings (SSSR count). The van der Waals surface area contributed by atoms with E-state index >= 15 is 0 Å². The van der Waals surface area contributed by atoms with Crippen molar-refractivity contribution >= 4 is 5.95 Å². The molecule has 16 heavy (non-hydrogen) atoms. The zero-order chi connectivity index (χ0) is 11.4. The Balaban J connectivity index is 2.18. The second-order valence-corrected chi connectivity index (χ2v) is 4.18. The van der Waals surface area contributed by atoms with E-state index in [1.165, 1.54) is 12.8 Å². The first-order chi connectivity index (χ1) is 7.86. The Morgan fingerprint density at radius 2 is 2.06 bits per heavy atom. The number of nitrogens with zero attached hydrogens (tertiary/aromatic N) is 3. The lowest BCUT2D eigenvalue weighted by Crippen LogP contribution is -2.28. The number of aromatic nitrogens is 3. The number of hydrogen-bond acceptors (Lipinski definition) is 4. The van der Waals surface area contributed by atoms with Crippen LogP contribution in [0.4, 0.5) is 5.95 Å². The smallest absolute Gasteiger partial charge is 0.224 e.